The van der Waals surface area contributed by atoms with Crippen molar-refractivity contribution in [3.63, 3.8) is 0 Å². The van der Waals surface area contributed by atoms with Crippen molar-refractivity contribution in [2.75, 3.05) is 31.1 Å². The van der Waals surface area contributed by atoms with Gasteiger partial charge < -0.3 is 14.7 Å². The summed E-state index contributed by atoms with van der Waals surface area (Å²) in [7, 11) is 4.07. The van der Waals surface area contributed by atoms with Gasteiger partial charge in [0.25, 0.3) is 0 Å². The molecule has 2 aromatic rings. The number of halogens is 2. The van der Waals surface area contributed by atoms with Crippen LogP contribution in [-0.4, -0.2) is 42.3 Å². The molecule has 0 amide bonds. The van der Waals surface area contributed by atoms with Crippen LogP contribution >= 0.6 is 27.5 Å². The molecule has 1 aliphatic heterocycles. The van der Waals surface area contributed by atoms with E-state index in [2.05, 4.69) is 45.8 Å². The van der Waals surface area contributed by atoms with Crippen LogP contribution in [0.4, 0.5) is 5.69 Å². The van der Waals surface area contributed by atoms with Gasteiger partial charge in [0.15, 0.2) is 5.75 Å². The summed E-state index contributed by atoms with van der Waals surface area (Å²) in [5.41, 5.74) is 1.81. The maximum Gasteiger partial charge on any atom is 0.156 e. The summed E-state index contributed by atoms with van der Waals surface area (Å²) < 4.78 is 6.91. The minimum Gasteiger partial charge on any atom is -0.487 e. The molecule has 0 aliphatic carbocycles. The summed E-state index contributed by atoms with van der Waals surface area (Å²) in [5, 5.41) is 11.1. The smallest absolute Gasteiger partial charge is 0.156 e. The third-order valence-corrected chi connectivity index (χ3v) is 5.57. The molecule has 1 heterocycles. The zero-order valence-corrected chi connectivity index (χ0v) is 17.1. The van der Waals surface area contributed by atoms with E-state index >= 15 is 0 Å². The monoisotopic (exact) mass is 437 g/mol. The summed E-state index contributed by atoms with van der Waals surface area (Å²) in [6, 6.07) is 13.5. The Labute approximate surface area is 168 Å². The normalized spacial score (nSPS) is 19.4. The topological polar surface area (TPSA) is 35.9 Å². The molecule has 0 bridgehead atoms. The fourth-order valence-electron chi connectivity index (χ4n) is 3.05. The molecule has 139 valence electrons. The van der Waals surface area contributed by atoms with E-state index in [0.717, 1.165) is 41.1 Å². The van der Waals surface area contributed by atoms with Gasteiger partial charge in [-0.05, 0) is 52.7 Å². The standard InChI is InChI=1S/C20H23BrClN2O2/c1-14-12-24(11-10-23(14)2)18-5-3-4-17(21)20(18)26-13-19(25)15-6-8-16(22)9-7-15/h3-9,14,19,25H,2,10-13H2,1H3/t14-,19?/m0/s1. The van der Waals surface area contributed by atoms with Crippen LogP contribution < -0.4 is 9.64 Å². The summed E-state index contributed by atoms with van der Waals surface area (Å²) in [6.45, 7) is 5.01. The Bertz CT molecular complexity index is 741. The van der Waals surface area contributed by atoms with Crippen LogP contribution in [0, 0.1) is 7.05 Å². The molecule has 0 aromatic heterocycles. The van der Waals surface area contributed by atoms with E-state index in [1.54, 1.807) is 12.1 Å². The van der Waals surface area contributed by atoms with Crippen LogP contribution in [0.15, 0.2) is 46.9 Å². The molecule has 1 radical (unpaired) electrons. The number of nitrogens with zero attached hydrogens (tertiary/aromatic N) is 2. The van der Waals surface area contributed by atoms with Crippen LogP contribution in [0.3, 0.4) is 0 Å². The van der Waals surface area contributed by atoms with Gasteiger partial charge in [-0.25, -0.2) is 0 Å². The van der Waals surface area contributed by atoms with Gasteiger partial charge in [0.05, 0.1) is 10.2 Å². The lowest BCUT2D eigenvalue weighted by molar-refractivity contribution is 0.108. The Morgan fingerprint density at radius 3 is 2.69 bits per heavy atom. The molecule has 4 nitrogen and oxygen atoms in total. The molecule has 3 rings (SSSR count). The minimum atomic E-state index is -0.720. The third kappa shape index (κ3) is 4.52. The average Bonchev–Trinajstić information content (AvgIpc) is 2.63. The third-order valence-electron chi connectivity index (χ3n) is 4.69. The molecule has 2 atom stereocenters. The zero-order valence-electron chi connectivity index (χ0n) is 14.7. The van der Waals surface area contributed by atoms with E-state index in [9.17, 15) is 5.11 Å². The van der Waals surface area contributed by atoms with E-state index in [1.165, 1.54) is 0 Å². The first-order chi connectivity index (χ1) is 12.5. The number of rotatable bonds is 5. The highest BCUT2D eigenvalue weighted by Crippen LogP contribution is 2.37. The first-order valence-corrected chi connectivity index (χ1v) is 9.79. The van der Waals surface area contributed by atoms with Crippen LogP contribution in [0.25, 0.3) is 0 Å². The molecule has 1 unspecified atom stereocenters. The van der Waals surface area contributed by atoms with Crippen molar-refractivity contribution in [1.82, 2.24) is 4.90 Å². The predicted octanol–water partition coefficient (Wildman–Crippen LogP) is 4.52. The number of hydrogen-bond donors (Lipinski definition) is 1. The van der Waals surface area contributed by atoms with Crippen molar-refractivity contribution in [3.8, 4) is 5.75 Å². The Morgan fingerprint density at radius 2 is 2.00 bits per heavy atom. The summed E-state index contributed by atoms with van der Waals surface area (Å²) in [4.78, 5) is 4.42. The quantitative estimate of drug-likeness (QED) is 0.745. The first kappa shape index (κ1) is 19.5. The van der Waals surface area contributed by atoms with E-state index in [-0.39, 0.29) is 6.61 Å². The Kier molecular flexibility index (Phi) is 6.46. The molecule has 0 spiro atoms. The second kappa shape index (κ2) is 8.61. The van der Waals surface area contributed by atoms with Crippen LogP contribution in [0.1, 0.15) is 18.6 Å². The minimum absolute atomic E-state index is 0.169. The van der Waals surface area contributed by atoms with Crippen molar-refractivity contribution >= 4 is 33.2 Å². The van der Waals surface area contributed by atoms with E-state index < -0.39 is 6.10 Å². The van der Waals surface area contributed by atoms with Crippen molar-refractivity contribution in [3.05, 3.63) is 64.6 Å². The largest absolute Gasteiger partial charge is 0.487 e. The Morgan fingerprint density at radius 1 is 1.27 bits per heavy atom. The van der Waals surface area contributed by atoms with Gasteiger partial charge in [-0.3, -0.25) is 4.90 Å². The number of para-hydroxylation sites is 1. The lowest BCUT2D eigenvalue weighted by Crippen LogP contribution is -2.49. The van der Waals surface area contributed by atoms with Gasteiger partial charge in [-0.1, -0.05) is 29.8 Å². The van der Waals surface area contributed by atoms with Crippen LogP contribution in [0.5, 0.6) is 5.75 Å². The second-order valence-corrected chi connectivity index (χ2v) is 7.86. The number of ether oxygens (including phenoxy) is 1. The van der Waals surface area contributed by atoms with E-state index in [0.29, 0.717) is 11.1 Å². The van der Waals surface area contributed by atoms with Gasteiger partial charge >= 0.3 is 0 Å². The zero-order chi connectivity index (χ0) is 18.7. The van der Waals surface area contributed by atoms with E-state index in [1.807, 2.05) is 24.3 Å². The molecule has 6 heteroatoms. The predicted molar refractivity (Wildman–Crippen MR) is 110 cm³/mol. The van der Waals surface area contributed by atoms with Gasteiger partial charge in [0, 0.05) is 37.7 Å². The van der Waals surface area contributed by atoms with Gasteiger partial charge in [0.2, 0.25) is 0 Å². The molecular weight excluding hydrogens is 416 g/mol. The fourth-order valence-corrected chi connectivity index (χ4v) is 3.64. The van der Waals surface area contributed by atoms with Gasteiger partial charge in [-0.15, -0.1) is 0 Å². The summed E-state index contributed by atoms with van der Waals surface area (Å²) in [5.74, 6) is 0.755. The Hall–Kier alpha value is -1.27. The molecule has 1 saturated heterocycles. The number of aliphatic hydroxyl groups is 1. The molecule has 1 fully saturated rings. The van der Waals surface area contributed by atoms with Crippen molar-refractivity contribution in [2.24, 2.45) is 0 Å². The maximum absolute atomic E-state index is 10.4. The van der Waals surface area contributed by atoms with E-state index in [4.69, 9.17) is 16.3 Å². The van der Waals surface area contributed by atoms with Crippen LogP contribution in [0.2, 0.25) is 5.02 Å². The highest BCUT2D eigenvalue weighted by molar-refractivity contribution is 9.10. The number of hydrogen-bond acceptors (Lipinski definition) is 4. The highest BCUT2D eigenvalue weighted by Gasteiger charge is 2.24. The molecule has 26 heavy (non-hydrogen) atoms. The van der Waals surface area contributed by atoms with Gasteiger partial charge in [0.1, 0.15) is 12.7 Å². The Balaban J connectivity index is 1.74. The molecule has 2 aromatic carbocycles. The highest BCUT2D eigenvalue weighted by atomic mass is 79.9. The molecule has 1 N–H and O–H groups in total. The maximum atomic E-state index is 10.4. The number of anilines is 1. The van der Waals surface area contributed by atoms with Crippen LogP contribution in [-0.2, 0) is 0 Å². The lowest BCUT2D eigenvalue weighted by Gasteiger charge is -2.39. The fraction of sp³-hybridized carbons (Fsp3) is 0.350. The number of benzene rings is 2. The van der Waals surface area contributed by atoms with Crippen molar-refractivity contribution in [2.45, 2.75) is 19.1 Å². The summed E-state index contributed by atoms with van der Waals surface area (Å²) in [6.07, 6.45) is -0.720. The molecular formula is C20H23BrClN2O2. The molecule has 1 aliphatic rings. The second-order valence-electron chi connectivity index (χ2n) is 6.57. The molecule has 0 saturated carbocycles. The number of aliphatic hydroxyl groups excluding tert-OH is 1. The van der Waals surface area contributed by atoms with Gasteiger partial charge in [-0.2, -0.15) is 0 Å². The average molecular weight is 439 g/mol. The lowest BCUT2D eigenvalue weighted by atomic mass is 10.1. The SMILES string of the molecule is [CH2]N1CCN(c2cccc(Br)c2OCC(O)c2ccc(Cl)cc2)C[C@@H]1C. The first-order valence-electron chi connectivity index (χ1n) is 8.62. The number of piperazine rings is 1. The van der Waals surface area contributed by atoms with Crippen molar-refractivity contribution < 1.29 is 9.84 Å². The summed E-state index contributed by atoms with van der Waals surface area (Å²) >= 11 is 9.49. The van der Waals surface area contributed by atoms with Crippen molar-refractivity contribution in [1.29, 1.82) is 0 Å².